The predicted molar refractivity (Wildman–Crippen MR) is 408 cm³/mol. The first kappa shape index (κ1) is 69.1. The molecule has 0 spiro atoms. The van der Waals surface area contributed by atoms with E-state index in [-0.39, 0.29) is 27.1 Å². The largest absolute Gasteiger partial charge is 1.00 e. The number of fused-ring (bicyclic) bond motifs is 5. The first-order chi connectivity index (χ1) is 44.1. The van der Waals surface area contributed by atoms with Crippen LogP contribution < -0.4 is 41.7 Å². The van der Waals surface area contributed by atoms with Crippen LogP contribution in [-0.2, 0) is 6.16 Å². The van der Waals surface area contributed by atoms with E-state index in [1.54, 1.807) is 12.1 Å². The topological polar surface area (TPSA) is 55.8 Å². The van der Waals surface area contributed by atoms with E-state index in [1.165, 1.54) is 64.9 Å². The Morgan fingerprint density at radius 3 is 1.17 bits per heavy atom. The summed E-state index contributed by atoms with van der Waals surface area (Å²) in [5.41, 5.74) is 4.51. The highest BCUT2D eigenvalue weighted by molar-refractivity contribution is 9.10. The Balaban J connectivity index is 0.000000153. The quantitative estimate of drug-likeness (QED) is 0.0573. The van der Waals surface area contributed by atoms with Crippen molar-refractivity contribution in [2.45, 2.75) is 84.0 Å². The molecule has 0 aliphatic carbocycles. The van der Waals surface area contributed by atoms with Crippen LogP contribution in [0, 0.1) is 0 Å². The Kier molecular flexibility index (Phi) is 22.5. The standard InChI is InChI=1S/C29H24P.C28H30OSi.C17H22O2Si.C10H7BrO.BrH/c1-4-14-27(15-5-1)30(28-16-6-2-7-17-28,29-18-8-3-9-19-29)23-24-20-21-25-12-10-11-13-26(25)22-24;1-28(2,3)30(4,5)29-27-17-16-25-19-22(13-15-26(25)20-27)11-10-21-12-14-23-8-6-7-9-24(23)18-21;1-17(2,3)20(4,5)19-16-9-8-14-10-13(12-18)6-7-15(14)11-16;11-9-3-1-8-6-10(12)4-2-7(8)5-9;/h1-22H,23H2;6-20H,1-5H3;6-12H,1-5H3;1-6,12H;1H/q+1;;;;/p-1. The number of carbonyl (C=O) groups is 1. The van der Waals surface area contributed by atoms with E-state index in [4.69, 9.17) is 8.85 Å². The van der Waals surface area contributed by atoms with E-state index >= 15 is 0 Å². The molecule has 0 unspecified atom stereocenters. The molecule has 0 saturated heterocycles. The van der Waals surface area contributed by atoms with Gasteiger partial charge >= 0.3 is 0 Å². The highest BCUT2D eigenvalue weighted by Crippen LogP contribution is 2.58. The number of rotatable bonds is 12. The maximum atomic E-state index is 10.8. The van der Waals surface area contributed by atoms with E-state index in [9.17, 15) is 9.90 Å². The number of carbonyl (C=O) groups excluding carboxylic acids is 1. The number of hydrogen-bond donors (Lipinski definition) is 1. The third-order valence-electron chi connectivity index (χ3n) is 18.0. The van der Waals surface area contributed by atoms with Crippen molar-refractivity contribution in [2.75, 3.05) is 0 Å². The predicted octanol–water partition coefficient (Wildman–Crippen LogP) is 20.2. The fourth-order valence-electron chi connectivity index (χ4n) is 10.8. The van der Waals surface area contributed by atoms with Crippen molar-refractivity contribution in [3.8, 4) is 17.2 Å². The van der Waals surface area contributed by atoms with E-state index in [0.29, 0.717) is 11.3 Å². The molecule has 13 aromatic carbocycles. The molecule has 470 valence electrons. The van der Waals surface area contributed by atoms with Gasteiger partial charge in [0.2, 0.25) is 16.6 Å². The zero-order valence-corrected chi connectivity index (χ0v) is 61.0. The molecule has 93 heavy (non-hydrogen) atoms. The van der Waals surface area contributed by atoms with Gasteiger partial charge < -0.3 is 30.9 Å². The molecule has 13 rings (SSSR count). The molecule has 1 N–H and O–H groups in total. The number of aldehydes is 1. The number of phenols is 1. The van der Waals surface area contributed by atoms with Crippen molar-refractivity contribution in [3.63, 3.8) is 0 Å². The Morgan fingerprint density at radius 1 is 0.376 bits per heavy atom. The molecular formula is C84H83Br2O4PSi2. The minimum absolute atomic E-state index is 0. The molecule has 4 nitrogen and oxygen atoms in total. The van der Waals surface area contributed by atoms with Crippen LogP contribution in [0.1, 0.15) is 68.6 Å². The molecular weight excluding hydrogens is 1320 g/mol. The normalized spacial score (nSPS) is 11.8. The summed E-state index contributed by atoms with van der Waals surface area (Å²) in [4.78, 5) is 10.8. The minimum atomic E-state index is -1.85. The van der Waals surface area contributed by atoms with Crippen LogP contribution in [0.25, 0.3) is 66.0 Å². The van der Waals surface area contributed by atoms with Crippen molar-refractivity contribution in [3.05, 3.63) is 312 Å². The van der Waals surface area contributed by atoms with Crippen molar-refractivity contribution < 1.29 is 35.7 Å². The van der Waals surface area contributed by atoms with Crippen molar-refractivity contribution in [1.29, 1.82) is 0 Å². The zero-order chi connectivity index (χ0) is 65.1. The Bertz CT molecular complexity index is 4560. The number of aromatic hydroxyl groups is 1. The van der Waals surface area contributed by atoms with E-state index < -0.39 is 23.9 Å². The summed E-state index contributed by atoms with van der Waals surface area (Å²) in [6.45, 7) is 22.6. The van der Waals surface area contributed by atoms with Crippen LogP contribution in [0.4, 0.5) is 0 Å². The molecule has 0 radical (unpaired) electrons. The number of phenolic OH excluding ortho intramolecular Hbond substituents is 1. The number of benzene rings is 13. The first-order valence-electron chi connectivity index (χ1n) is 31.5. The summed E-state index contributed by atoms with van der Waals surface area (Å²) in [6.07, 6.45) is 6.25. The monoisotopic (exact) mass is 1400 g/mol. The summed E-state index contributed by atoms with van der Waals surface area (Å²) < 4.78 is 13.8. The zero-order valence-electron chi connectivity index (χ0n) is 54.9. The number of hydrogen-bond acceptors (Lipinski definition) is 4. The summed E-state index contributed by atoms with van der Waals surface area (Å²) >= 11 is 3.39. The molecule has 0 saturated carbocycles. The number of halogens is 2. The minimum Gasteiger partial charge on any atom is -1.00 e. The third kappa shape index (κ3) is 17.3. The first-order valence-corrected chi connectivity index (χ1v) is 40.1. The van der Waals surface area contributed by atoms with E-state index in [2.05, 4.69) is 314 Å². The Morgan fingerprint density at radius 2 is 0.710 bits per heavy atom. The van der Waals surface area contributed by atoms with Crippen LogP contribution in [0.2, 0.25) is 36.3 Å². The van der Waals surface area contributed by atoms with Crippen molar-refractivity contribution in [2.24, 2.45) is 0 Å². The average molecular weight is 1400 g/mol. The third-order valence-corrected chi connectivity index (χ3v) is 31.6. The molecule has 13 aromatic rings. The van der Waals surface area contributed by atoms with Crippen molar-refractivity contribution >= 4 is 128 Å². The Hall–Kier alpha value is -8.21. The van der Waals surface area contributed by atoms with E-state index in [1.807, 2.05) is 54.6 Å². The molecule has 0 bridgehead atoms. The van der Waals surface area contributed by atoms with Gasteiger partial charge in [0.15, 0.2) is 0 Å². The maximum Gasteiger partial charge on any atom is 0.250 e. The van der Waals surface area contributed by atoms with Gasteiger partial charge in [-0.1, -0.05) is 246 Å². The van der Waals surface area contributed by atoms with Crippen LogP contribution in [0.5, 0.6) is 17.2 Å². The van der Waals surface area contributed by atoms with E-state index in [0.717, 1.165) is 50.0 Å². The molecule has 0 heterocycles. The summed E-state index contributed by atoms with van der Waals surface area (Å²) in [5.74, 6) is 2.21. The molecule has 9 heteroatoms. The van der Waals surface area contributed by atoms with Gasteiger partial charge in [0.25, 0.3) is 0 Å². The molecule has 0 aliphatic rings. The molecule has 0 aliphatic heterocycles. The highest BCUT2D eigenvalue weighted by atomic mass is 79.9. The fraction of sp³-hybridized carbons (Fsp3) is 0.155. The smallest absolute Gasteiger partial charge is 0.250 e. The molecule has 0 amide bonds. The van der Waals surface area contributed by atoms with Crippen LogP contribution in [0.15, 0.2) is 290 Å². The van der Waals surface area contributed by atoms with Gasteiger partial charge in [-0.3, -0.25) is 4.79 Å². The van der Waals surface area contributed by atoms with Crippen LogP contribution in [-0.4, -0.2) is 28.0 Å². The van der Waals surface area contributed by atoms with Gasteiger partial charge in [0, 0.05) is 10.0 Å². The van der Waals surface area contributed by atoms with Gasteiger partial charge in [-0.2, -0.15) is 0 Å². The lowest BCUT2D eigenvalue weighted by Crippen LogP contribution is -3.00. The van der Waals surface area contributed by atoms with Gasteiger partial charge in [-0.15, -0.1) is 0 Å². The Labute approximate surface area is 572 Å². The summed E-state index contributed by atoms with van der Waals surface area (Å²) in [5, 5.41) is 25.8. The van der Waals surface area contributed by atoms with Gasteiger partial charge in [-0.05, 0) is 216 Å². The SMILES string of the molecule is CC(C)(C)[Si](C)(C)Oc1ccc2cc(C=Cc3ccc4ccccc4c3)ccc2c1.CC(C)(C)[Si](C)(C)Oc1ccc2cc(C=O)ccc2c1.Oc1ccc2cc(Br)ccc2c1.[Br-].c1ccc([P+](Cc2ccc3ccccc3c2)(c2ccccc2)c2ccccc2)cc1. The van der Waals surface area contributed by atoms with Gasteiger partial charge in [0.1, 0.15) is 46.7 Å². The van der Waals surface area contributed by atoms with Crippen LogP contribution in [0.3, 0.4) is 0 Å². The second-order valence-electron chi connectivity index (χ2n) is 26.7. The highest BCUT2D eigenvalue weighted by Gasteiger charge is 2.45. The average Bonchev–Trinajstić information content (AvgIpc) is 0.798. The van der Waals surface area contributed by atoms with Crippen LogP contribution >= 0.6 is 23.2 Å². The lowest BCUT2D eigenvalue weighted by molar-refractivity contribution is -0.0000269. The fourth-order valence-corrected chi connectivity index (χ4v) is 17.4. The van der Waals surface area contributed by atoms with Gasteiger partial charge in [-0.25, -0.2) is 0 Å². The second-order valence-corrected chi connectivity index (χ2v) is 40.5. The second kappa shape index (κ2) is 30.3. The lowest BCUT2D eigenvalue weighted by atomic mass is 10.0. The summed E-state index contributed by atoms with van der Waals surface area (Å²) in [6, 6.07) is 100. The molecule has 0 atom stereocenters. The molecule has 0 aromatic heterocycles. The molecule has 0 fully saturated rings. The van der Waals surface area contributed by atoms with Crippen molar-refractivity contribution in [1.82, 2.24) is 0 Å². The lowest BCUT2D eigenvalue weighted by Gasteiger charge is -2.36. The maximum absolute atomic E-state index is 10.8. The summed E-state index contributed by atoms with van der Waals surface area (Å²) in [7, 11) is -5.49. The van der Waals surface area contributed by atoms with Gasteiger partial charge in [0.05, 0.1) is 6.16 Å².